The van der Waals surface area contributed by atoms with E-state index in [1.807, 2.05) is 49.6 Å². The number of hydrogen-bond donors (Lipinski definition) is 0. The van der Waals surface area contributed by atoms with Crippen LogP contribution in [0.3, 0.4) is 0 Å². The van der Waals surface area contributed by atoms with Crippen LogP contribution in [0.5, 0.6) is 0 Å². The topological polar surface area (TPSA) is 40.5 Å². The average Bonchev–Trinajstić information content (AvgIpc) is 3.60. The predicted molar refractivity (Wildman–Crippen MR) is 156 cm³/mol. The highest BCUT2D eigenvalue weighted by molar-refractivity contribution is 9.10. The van der Waals surface area contributed by atoms with Gasteiger partial charge < -0.3 is 9.16 Å². The molecule has 1 aliphatic rings. The van der Waals surface area contributed by atoms with E-state index in [1.165, 1.54) is 18.4 Å². The molecule has 0 amide bonds. The van der Waals surface area contributed by atoms with Gasteiger partial charge in [-0.25, -0.2) is 0 Å². The van der Waals surface area contributed by atoms with Gasteiger partial charge in [0.1, 0.15) is 0 Å². The van der Waals surface area contributed by atoms with E-state index in [0.717, 1.165) is 32.2 Å². The molecular formula is C30H40BrNO3Si. The third-order valence-corrected chi connectivity index (χ3v) is 8.91. The van der Waals surface area contributed by atoms with Gasteiger partial charge in [-0.15, -0.1) is 0 Å². The molecule has 0 N–H and O–H groups in total. The van der Waals surface area contributed by atoms with E-state index in [9.17, 15) is 4.79 Å². The number of hydrogen-bond acceptors (Lipinski definition) is 3. The monoisotopic (exact) mass is 569 g/mol. The Morgan fingerprint density at radius 1 is 1.00 bits per heavy atom. The molecule has 0 unspecified atom stereocenters. The Kier molecular flexibility index (Phi) is 7.48. The van der Waals surface area contributed by atoms with Crippen LogP contribution in [-0.2, 0) is 21.4 Å². The Hall–Kier alpha value is -1.73. The first-order chi connectivity index (χ1) is 16.7. The predicted octanol–water partition coefficient (Wildman–Crippen LogP) is 7.50. The molecule has 0 spiro atoms. The quantitative estimate of drug-likeness (QED) is 0.276. The Bertz CT molecular complexity index is 1330. The minimum atomic E-state index is -0.831. The number of halogens is 1. The molecule has 0 bridgehead atoms. The van der Waals surface area contributed by atoms with Gasteiger partial charge in [0.2, 0.25) is 0 Å². The first kappa shape index (κ1) is 27.3. The molecule has 1 aliphatic carbocycles. The summed E-state index contributed by atoms with van der Waals surface area (Å²) in [7, 11) is -0.831. The molecule has 0 atom stereocenters. The Labute approximate surface area is 226 Å². The van der Waals surface area contributed by atoms with Crippen molar-refractivity contribution in [1.29, 1.82) is 0 Å². The molecule has 4 rings (SSSR count). The van der Waals surface area contributed by atoms with Crippen molar-refractivity contribution in [3.05, 3.63) is 74.1 Å². The summed E-state index contributed by atoms with van der Waals surface area (Å²) in [5.74, 6) is 0.632. The van der Waals surface area contributed by atoms with Gasteiger partial charge in [-0.05, 0) is 93.6 Å². The minimum absolute atomic E-state index is 0.0226. The van der Waals surface area contributed by atoms with Crippen molar-refractivity contribution in [3.8, 4) is 5.69 Å². The van der Waals surface area contributed by atoms with E-state index in [2.05, 4.69) is 68.7 Å². The van der Waals surface area contributed by atoms with Gasteiger partial charge >= 0.3 is 0 Å². The van der Waals surface area contributed by atoms with E-state index in [1.54, 1.807) is 0 Å². The number of ether oxygens (including phenoxy) is 1. The first-order valence-electron chi connectivity index (χ1n) is 12.9. The number of pyridine rings is 1. The van der Waals surface area contributed by atoms with Gasteiger partial charge in [0.15, 0.2) is 9.76 Å². The Morgan fingerprint density at radius 2 is 1.69 bits per heavy atom. The lowest BCUT2D eigenvalue weighted by molar-refractivity contribution is -0.0172. The molecule has 1 saturated carbocycles. The fourth-order valence-corrected chi connectivity index (χ4v) is 6.26. The normalized spacial score (nSPS) is 15.4. The Morgan fingerprint density at radius 3 is 2.31 bits per heavy atom. The molecule has 0 radical (unpaired) electrons. The van der Waals surface area contributed by atoms with Crippen LogP contribution in [0.1, 0.15) is 91.0 Å². The molecule has 36 heavy (non-hydrogen) atoms. The van der Waals surface area contributed by atoms with Crippen LogP contribution < -0.4 is 5.56 Å². The lowest BCUT2D eigenvalue weighted by atomic mass is 9.95. The molecule has 2 aromatic carbocycles. The molecule has 194 valence electrons. The molecule has 6 heteroatoms. The van der Waals surface area contributed by atoms with Crippen LogP contribution in [0.2, 0.25) is 5.04 Å². The highest BCUT2D eigenvalue weighted by Gasteiger charge is 2.31. The maximum absolute atomic E-state index is 14.1. The maximum Gasteiger partial charge on any atom is 0.263 e. The van der Waals surface area contributed by atoms with Crippen molar-refractivity contribution in [2.75, 3.05) is 0 Å². The zero-order chi connectivity index (χ0) is 26.5. The van der Waals surface area contributed by atoms with Gasteiger partial charge in [0.05, 0.1) is 29.2 Å². The fourth-order valence-electron chi connectivity index (χ4n) is 4.49. The summed E-state index contributed by atoms with van der Waals surface area (Å²) in [4.78, 5) is 14.1. The number of aromatic nitrogens is 1. The third kappa shape index (κ3) is 6.21. The SMILES string of the molecule is CC(C)(C)OCc1cc2cc(C3CC3)ccc2c(=O)n1-c1cccc(Br)c1C(C)(C)O[SiH2]C(C)(C)C. The molecule has 3 aromatic rings. The van der Waals surface area contributed by atoms with Crippen molar-refractivity contribution in [2.45, 2.75) is 97.0 Å². The molecule has 1 fully saturated rings. The number of benzene rings is 2. The van der Waals surface area contributed by atoms with Crippen LogP contribution in [-0.4, -0.2) is 19.9 Å². The maximum atomic E-state index is 14.1. The molecule has 0 aliphatic heterocycles. The molecular weight excluding hydrogens is 530 g/mol. The molecule has 0 saturated heterocycles. The van der Waals surface area contributed by atoms with Crippen LogP contribution >= 0.6 is 15.9 Å². The highest BCUT2D eigenvalue weighted by atomic mass is 79.9. The molecule has 1 heterocycles. The van der Waals surface area contributed by atoms with Crippen LogP contribution in [0.25, 0.3) is 16.5 Å². The number of nitrogens with zero attached hydrogens (tertiary/aromatic N) is 1. The van der Waals surface area contributed by atoms with Crippen molar-refractivity contribution >= 4 is 36.5 Å². The highest BCUT2D eigenvalue weighted by Crippen LogP contribution is 2.41. The summed E-state index contributed by atoms with van der Waals surface area (Å²) < 4.78 is 15.6. The fraction of sp³-hybridized carbons (Fsp3) is 0.500. The summed E-state index contributed by atoms with van der Waals surface area (Å²) in [6, 6.07) is 14.5. The van der Waals surface area contributed by atoms with Crippen molar-refractivity contribution in [2.24, 2.45) is 0 Å². The van der Waals surface area contributed by atoms with Crippen LogP contribution in [0.4, 0.5) is 0 Å². The van der Waals surface area contributed by atoms with Crippen molar-refractivity contribution in [1.82, 2.24) is 4.57 Å². The van der Waals surface area contributed by atoms with Gasteiger partial charge in [-0.3, -0.25) is 9.36 Å². The first-order valence-corrected chi connectivity index (χ1v) is 15.0. The van der Waals surface area contributed by atoms with Gasteiger partial charge in [0.25, 0.3) is 5.56 Å². The van der Waals surface area contributed by atoms with E-state index in [0.29, 0.717) is 12.5 Å². The second-order valence-corrected chi connectivity index (χ2v) is 16.3. The van der Waals surface area contributed by atoms with E-state index in [4.69, 9.17) is 9.16 Å². The van der Waals surface area contributed by atoms with E-state index >= 15 is 0 Å². The third-order valence-electron chi connectivity index (χ3n) is 6.52. The number of fused-ring (bicyclic) bond motifs is 1. The van der Waals surface area contributed by atoms with Crippen molar-refractivity contribution < 1.29 is 9.16 Å². The summed E-state index contributed by atoms with van der Waals surface area (Å²) >= 11 is 3.79. The zero-order valence-corrected chi connectivity index (χ0v) is 26.0. The second kappa shape index (κ2) is 9.86. The van der Waals surface area contributed by atoms with E-state index in [-0.39, 0.29) is 16.2 Å². The zero-order valence-electron chi connectivity index (χ0n) is 23.0. The molecule has 4 nitrogen and oxygen atoms in total. The lowest BCUT2D eigenvalue weighted by Crippen LogP contribution is -2.32. The smallest absolute Gasteiger partial charge is 0.263 e. The van der Waals surface area contributed by atoms with Gasteiger partial charge in [-0.2, -0.15) is 0 Å². The van der Waals surface area contributed by atoms with Gasteiger partial charge in [-0.1, -0.05) is 54.9 Å². The standard InChI is InChI=1S/C30H40BrNO3Si/c1-28(2,3)34-18-22-17-21-16-20(19-12-13-19)14-15-23(21)27(33)32(22)25-11-9-10-24(31)26(25)30(7,8)35-36-29(4,5)6/h9-11,14-17,19H,12-13,18,36H2,1-8H3. The lowest BCUT2D eigenvalue weighted by Gasteiger charge is -2.33. The largest absolute Gasteiger partial charge is 0.414 e. The number of rotatable bonds is 7. The summed E-state index contributed by atoms with van der Waals surface area (Å²) in [6.45, 7) is 17.3. The van der Waals surface area contributed by atoms with Crippen LogP contribution in [0, 0.1) is 0 Å². The second-order valence-electron chi connectivity index (χ2n) is 12.8. The van der Waals surface area contributed by atoms with Gasteiger partial charge in [0, 0.05) is 15.4 Å². The van der Waals surface area contributed by atoms with Crippen LogP contribution in [0.15, 0.2) is 51.7 Å². The molecule has 1 aromatic heterocycles. The summed E-state index contributed by atoms with van der Waals surface area (Å²) in [5.41, 5.74) is 3.07. The summed E-state index contributed by atoms with van der Waals surface area (Å²) in [5, 5.41) is 1.87. The van der Waals surface area contributed by atoms with Crippen molar-refractivity contribution in [3.63, 3.8) is 0 Å². The minimum Gasteiger partial charge on any atom is -0.414 e. The Balaban J connectivity index is 1.93. The average molecular weight is 571 g/mol. The summed E-state index contributed by atoms with van der Waals surface area (Å²) in [6.07, 6.45) is 2.47. The van der Waals surface area contributed by atoms with E-state index < -0.39 is 15.4 Å².